The van der Waals surface area contributed by atoms with Crippen LogP contribution < -0.4 is 0 Å². The summed E-state index contributed by atoms with van der Waals surface area (Å²) >= 11 is -0.237. The number of hydrogen-bond donors (Lipinski definition) is 1. The maximum absolute atomic E-state index is 9.57. The largest absolute Gasteiger partial charge is 0.507 e. The molecule has 5 heteroatoms. The average molecular weight is 848 g/mol. The fourth-order valence-corrected chi connectivity index (χ4v) is 16.2. The molecular weight excluding hydrogens is 786 g/mol. The summed E-state index contributed by atoms with van der Waals surface area (Å²) in [6.07, 6.45) is 27.8. The Kier molecular flexibility index (Phi) is 15.9. The van der Waals surface area contributed by atoms with Gasteiger partial charge >= 0.3 is 125 Å². The molecule has 4 aromatic carbocycles. The van der Waals surface area contributed by atoms with Gasteiger partial charge in [0.15, 0.2) is 0 Å². The number of benzene rings is 4. The molecule has 0 aromatic heterocycles. The minimum absolute atomic E-state index is 0.0465. The molecule has 0 amide bonds. The fourth-order valence-electron chi connectivity index (χ4n) is 9.39. The Morgan fingerprint density at radius 3 is 1.65 bits per heavy atom. The van der Waals surface area contributed by atoms with Crippen LogP contribution in [-0.2, 0) is 15.7 Å². The number of rotatable bonds is 6. The van der Waals surface area contributed by atoms with Crippen molar-refractivity contribution in [3.63, 3.8) is 0 Å². The van der Waals surface area contributed by atoms with Gasteiger partial charge in [-0.2, -0.15) is 0 Å². The Balaban J connectivity index is 0.000000139. The predicted molar refractivity (Wildman–Crippen MR) is 235 cm³/mol. The van der Waals surface area contributed by atoms with E-state index in [-0.39, 0.29) is 29.4 Å². The van der Waals surface area contributed by atoms with Crippen LogP contribution in [0.5, 0.6) is 5.75 Å². The van der Waals surface area contributed by atoms with E-state index < -0.39 is 0 Å². The third kappa shape index (κ3) is 10.8. The minimum atomic E-state index is -0.237. The molecule has 4 aliphatic rings. The van der Waals surface area contributed by atoms with E-state index in [9.17, 15) is 5.11 Å². The normalized spacial score (nSPS) is 19.0. The molecule has 0 atom stereocenters. The Labute approximate surface area is 338 Å². The van der Waals surface area contributed by atoms with E-state index in [2.05, 4.69) is 67.4 Å². The zero-order valence-corrected chi connectivity index (χ0v) is 36.3. The van der Waals surface area contributed by atoms with E-state index in [0.717, 1.165) is 16.8 Å². The molecule has 3 fully saturated rings. The van der Waals surface area contributed by atoms with Crippen molar-refractivity contribution < 1.29 is 20.8 Å². The number of aromatic hydroxyl groups is 1. The van der Waals surface area contributed by atoms with Crippen LogP contribution in [0.4, 0.5) is 5.69 Å². The number of halogens is 1. The van der Waals surface area contributed by atoms with Gasteiger partial charge in [0.25, 0.3) is 0 Å². The second-order valence-corrected chi connectivity index (χ2v) is 21.4. The van der Waals surface area contributed by atoms with Crippen LogP contribution in [0.1, 0.15) is 135 Å². The topological polar surface area (TPSA) is 32.6 Å². The van der Waals surface area contributed by atoms with E-state index >= 15 is 0 Å². The molecular formula is C49H61ClNOPRu+. The molecule has 2 nitrogen and oxygen atoms in total. The Morgan fingerprint density at radius 1 is 0.593 bits per heavy atom. The van der Waals surface area contributed by atoms with Crippen LogP contribution in [0, 0.1) is 20.8 Å². The van der Waals surface area contributed by atoms with Crippen LogP contribution in [0.3, 0.4) is 0 Å². The standard InChI is InChI=1S/C18H33P.C17H14.C14H13NO.ClH.Ru/c1-4-10-16(11-5-1)19(17-12-6-2-7-13-17)18-14-8-3-9-15-18;1-12-6-3-4-9-15(12)16-11-10-14-8-5-7-13(2)17(14)16;1-11-6-2-4-8-13(11)15-10-12-7-3-5-9-14(12)16;;/h16-18H,1-15H2;3-9,11H,1-2H3;2-10,16H,1H3;1H;/q;;;;+1. The molecule has 0 unspecified atom stereocenters. The van der Waals surface area contributed by atoms with Gasteiger partial charge in [-0.3, -0.25) is 4.99 Å². The molecule has 8 rings (SSSR count). The second kappa shape index (κ2) is 21.0. The first-order chi connectivity index (χ1) is 26.4. The number of phenols is 1. The van der Waals surface area contributed by atoms with E-state index in [4.69, 9.17) is 9.69 Å². The van der Waals surface area contributed by atoms with Gasteiger partial charge in [-0.05, 0) is 108 Å². The molecule has 3 saturated carbocycles. The summed E-state index contributed by atoms with van der Waals surface area (Å²) in [5.41, 5.74) is 14.4. The van der Waals surface area contributed by atoms with Crippen LogP contribution >= 0.6 is 17.6 Å². The van der Waals surface area contributed by atoms with E-state index in [0.29, 0.717) is 0 Å². The number of allylic oxidation sites excluding steroid dienone is 1. The molecule has 0 spiro atoms. The summed E-state index contributed by atoms with van der Waals surface area (Å²) < 4.78 is 1.31. The van der Waals surface area contributed by atoms with Crippen molar-refractivity contribution in [2.24, 2.45) is 4.99 Å². The first-order valence-electron chi connectivity index (χ1n) is 20.7. The number of para-hydroxylation sites is 2. The van der Waals surface area contributed by atoms with Crippen molar-refractivity contribution in [3.05, 3.63) is 136 Å². The van der Waals surface area contributed by atoms with Crippen LogP contribution in [0.25, 0.3) is 5.57 Å². The van der Waals surface area contributed by atoms with Gasteiger partial charge in [0.2, 0.25) is 0 Å². The maximum atomic E-state index is 9.57. The average Bonchev–Trinajstić information content (AvgIpc) is 3.60. The van der Waals surface area contributed by atoms with Crippen LogP contribution in [0.15, 0.2) is 102 Å². The Morgan fingerprint density at radius 2 is 1.09 bits per heavy atom. The number of hydrogen-bond acceptors (Lipinski definition) is 2. The van der Waals surface area contributed by atoms with Crippen LogP contribution in [-0.4, -0.2) is 32.4 Å². The molecule has 54 heavy (non-hydrogen) atoms. The molecule has 0 saturated heterocycles. The summed E-state index contributed by atoms with van der Waals surface area (Å²) in [7, 11) is 6.14. The number of nitrogens with zero attached hydrogens (tertiary/aromatic N) is 1. The Bertz CT molecular complexity index is 1810. The van der Waals surface area contributed by atoms with Gasteiger partial charge in [0.05, 0.1) is 22.7 Å². The number of aliphatic imine (C=N–C) groups is 1. The van der Waals surface area contributed by atoms with Crippen molar-refractivity contribution >= 4 is 39.2 Å². The predicted octanol–water partition coefficient (Wildman–Crippen LogP) is 14.2. The molecule has 4 aromatic rings. The number of aryl methyl sites for hydroxylation is 3. The van der Waals surface area contributed by atoms with Crippen molar-refractivity contribution in [1.29, 1.82) is 0 Å². The Hall–Kier alpha value is -2.70. The van der Waals surface area contributed by atoms with Crippen molar-refractivity contribution in [3.8, 4) is 5.75 Å². The molecule has 287 valence electrons. The summed E-state index contributed by atoms with van der Waals surface area (Å²) in [4.78, 5) is 4.35. The number of phenolic OH excluding ortho intramolecular Hbond substituents is 1. The first kappa shape index (κ1) is 41.0. The van der Waals surface area contributed by atoms with Gasteiger partial charge < -0.3 is 5.11 Å². The smallest absolute Gasteiger partial charge is 0.124 e. The third-order valence-electron chi connectivity index (χ3n) is 12.2. The summed E-state index contributed by atoms with van der Waals surface area (Å²) in [6, 6.07) is 30.1. The molecule has 0 bridgehead atoms. The third-order valence-corrected chi connectivity index (χ3v) is 18.7. The van der Waals surface area contributed by atoms with Gasteiger partial charge in [0, 0.05) is 19.7 Å². The van der Waals surface area contributed by atoms with Gasteiger partial charge in [-0.25, -0.2) is 0 Å². The molecule has 0 radical (unpaired) electrons. The van der Waals surface area contributed by atoms with Crippen molar-refractivity contribution in [2.75, 3.05) is 0 Å². The molecule has 1 N–H and O–H groups in total. The quantitative estimate of drug-likeness (QED) is 0.117. The summed E-state index contributed by atoms with van der Waals surface area (Å²) in [5.74, 6) is 0.250. The molecule has 4 aliphatic carbocycles. The monoisotopic (exact) mass is 847 g/mol. The molecule has 0 heterocycles. The zero-order valence-electron chi connectivity index (χ0n) is 32.8. The van der Waals surface area contributed by atoms with Gasteiger partial charge in [-0.1, -0.05) is 49.6 Å². The molecule has 0 aliphatic heterocycles. The maximum Gasteiger partial charge on any atom is 0.124 e. The summed E-state index contributed by atoms with van der Waals surface area (Å²) in [6.45, 7) is 6.36. The van der Waals surface area contributed by atoms with E-state index in [1.807, 2.05) is 43.3 Å². The first-order valence-corrected chi connectivity index (χ1v) is 25.5. The van der Waals surface area contributed by atoms with Crippen LogP contribution in [0.2, 0.25) is 0 Å². The van der Waals surface area contributed by atoms with Gasteiger partial charge in [-0.15, -0.1) is 0 Å². The van der Waals surface area contributed by atoms with Crippen molar-refractivity contribution in [2.45, 2.75) is 134 Å². The van der Waals surface area contributed by atoms with E-state index in [1.165, 1.54) is 54.5 Å². The number of fused-ring (bicyclic) bond motifs is 1. The zero-order chi connectivity index (χ0) is 37.7. The van der Waals surface area contributed by atoms with Gasteiger partial charge in [0.1, 0.15) is 5.75 Å². The van der Waals surface area contributed by atoms with Crippen molar-refractivity contribution in [1.82, 2.24) is 0 Å². The minimum Gasteiger partial charge on any atom is -0.507 e. The SMILES string of the molecule is C1CCC([PH+](C2CCCCC2)C2CCCCC2)CC1.Cc1ccccc1C1=C[C](=[Ru][Cl])c2cccc(C)c21.Cc1ccccc1N=Cc1ccccc1O. The van der Waals surface area contributed by atoms with E-state index in [1.54, 1.807) is 115 Å². The fraction of sp³-hybridized carbons (Fsp3) is 0.429. The summed E-state index contributed by atoms with van der Waals surface area (Å²) in [5, 5.41) is 9.57. The second-order valence-electron chi connectivity index (χ2n) is 15.9.